The lowest BCUT2D eigenvalue weighted by Crippen LogP contribution is -2.14. The van der Waals surface area contributed by atoms with Crippen LogP contribution in [-0.4, -0.2) is 10.1 Å². The highest BCUT2D eigenvalue weighted by atomic mass is 35.5. The van der Waals surface area contributed by atoms with Crippen LogP contribution in [0.3, 0.4) is 0 Å². The molecule has 0 amide bonds. The second-order valence-electron chi connectivity index (χ2n) is 3.89. The fourth-order valence-electron chi connectivity index (χ4n) is 0.931. The summed E-state index contributed by atoms with van der Waals surface area (Å²) in [5, 5.41) is 10.9. The first-order valence-electron chi connectivity index (χ1n) is 4.21. The van der Waals surface area contributed by atoms with Crippen LogP contribution in [0.1, 0.15) is 43.5 Å². The van der Waals surface area contributed by atoms with Crippen LogP contribution in [0.15, 0.2) is 0 Å². The van der Waals surface area contributed by atoms with Gasteiger partial charge >= 0.3 is 0 Å². The third-order valence-electron chi connectivity index (χ3n) is 1.66. The number of halogens is 1. The molecule has 4 heteroatoms. The van der Waals surface area contributed by atoms with Crippen LogP contribution in [0.4, 0.5) is 0 Å². The van der Waals surface area contributed by atoms with Crippen LogP contribution in [0.2, 0.25) is 5.15 Å². The van der Waals surface area contributed by atoms with Crippen molar-refractivity contribution < 1.29 is 5.11 Å². The summed E-state index contributed by atoms with van der Waals surface area (Å²) >= 11 is 7.42. The number of nitrogens with zero attached hydrogens (tertiary/aromatic N) is 1. The van der Waals surface area contributed by atoms with E-state index in [0.29, 0.717) is 16.1 Å². The molecule has 0 saturated carbocycles. The minimum atomic E-state index is -0.887. The Morgan fingerprint density at radius 2 is 2.00 bits per heavy atom. The molecule has 0 saturated heterocycles. The third-order valence-corrected chi connectivity index (χ3v) is 3.73. The van der Waals surface area contributed by atoms with Crippen molar-refractivity contribution in [2.24, 2.45) is 0 Å². The highest BCUT2D eigenvalue weighted by molar-refractivity contribution is 7.12. The molecule has 1 N–H and O–H groups in total. The van der Waals surface area contributed by atoms with Gasteiger partial charge in [-0.3, -0.25) is 0 Å². The van der Waals surface area contributed by atoms with E-state index in [9.17, 15) is 5.11 Å². The van der Waals surface area contributed by atoms with Crippen molar-refractivity contribution in [1.82, 2.24) is 4.98 Å². The Morgan fingerprint density at radius 3 is 2.23 bits per heavy atom. The molecule has 13 heavy (non-hydrogen) atoms. The summed E-state index contributed by atoms with van der Waals surface area (Å²) in [6.07, 6.45) is 0. The van der Waals surface area contributed by atoms with Crippen LogP contribution in [0.25, 0.3) is 0 Å². The molecule has 0 aliphatic carbocycles. The molecular formula is C9H14ClNOS. The first kappa shape index (κ1) is 11.0. The molecule has 0 aliphatic heterocycles. The zero-order valence-corrected chi connectivity index (χ0v) is 9.83. The maximum atomic E-state index is 9.70. The SMILES string of the molecule is CC(C)c1sc(C(C)(C)O)nc1Cl. The average molecular weight is 220 g/mol. The van der Waals surface area contributed by atoms with Gasteiger partial charge in [-0.25, -0.2) is 4.98 Å². The van der Waals surface area contributed by atoms with Gasteiger partial charge in [0.05, 0.1) is 0 Å². The Kier molecular flexibility index (Phi) is 3.00. The number of aliphatic hydroxyl groups is 1. The normalized spacial score (nSPS) is 12.5. The van der Waals surface area contributed by atoms with Crippen molar-refractivity contribution in [3.05, 3.63) is 15.0 Å². The predicted molar refractivity (Wildman–Crippen MR) is 56.5 cm³/mol. The lowest BCUT2D eigenvalue weighted by atomic mass is 10.2. The molecule has 0 bridgehead atoms. The maximum Gasteiger partial charge on any atom is 0.143 e. The number of hydrogen-bond donors (Lipinski definition) is 1. The van der Waals surface area contributed by atoms with Crippen molar-refractivity contribution in [3.8, 4) is 0 Å². The molecule has 0 fully saturated rings. The largest absolute Gasteiger partial charge is 0.383 e. The van der Waals surface area contributed by atoms with Gasteiger partial charge in [0.15, 0.2) is 0 Å². The summed E-state index contributed by atoms with van der Waals surface area (Å²) in [4.78, 5) is 5.18. The van der Waals surface area contributed by atoms with Crippen LogP contribution >= 0.6 is 22.9 Å². The lowest BCUT2D eigenvalue weighted by Gasteiger charge is -2.12. The number of aromatic nitrogens is 1. The fraction of sp³-hybridized carbons (Fsp3) is 0.667. The van der Waals surface area contributed by atoms with E-state index in [4.69, 9.17) is 11.6 Å². The molecule has 1 heterocycles. The van der Waals surface area contributed by atoms with Crippen molar-refractivity contribution in [2.75, 3.05) is 0 Å². The smallest absolute Gasteiger partial charge is 0.143 e. The summed E-state index contributed by atoms with van der Waals surface area (Å²) in [7, 11) is 0. The molecule has 0 unspecified atom stereocenters. The molecule has 0 atom stereocenters. The average Bonchev–Trinajstić information content (AvgIpc) is 2.29. The van der Waals surface area contributed by atoms with Crippen LogP contribution in [0.5, 0.6) is 0 Å². The standard InChI is InChI=1S/C9H14ClNOS/c1-5(2)6-7(10)11-8(13-6)9(3,4)12/h5,12H,1-4H3. The number of hydrogen-bond acceptors (Lipinski definition) is 3. The Hall–Kier alpha value is -0.120. The van der Waals surface area contributed by atoms with Crippen LogP contribution in [-0.2, 0) is 5.60 Å². The van der Waals surface area contributed by atoms with Gasteiger partial charge < -0.3 is 5.11 Å². The molecule has 1 aromatic rings. The highest BCUT2D eigenvalue weighted by Crippen LogP contribution is 2.34. The van der Waals surface area contributed by atoms with Crippen LogP contribution in [0, 0.1) is 0 Å². The summed E-state index contributed by atoms with van der Waals surface area (Å²) < 4.78 is 0. The van der Waals surface area contributed by atoms with Crippen molar-refractivity contribution in [3.63, 3.8) is 0 Å². The van der Waals surface area contributed by atoms with E-state index in [1.807, 2.05) is 0 Å². The van der Waals surface area contributed by atoms with E-state index in [2.05, 4.69) is 18.8 Å². The summed E-state index contributed by atoms with van der Waals surface area (Å²) in [6, 6.07) is 0. The Balaban J connectivity index is 3.10. The van der Waals surface area contributed by atoms with Crippen molar-refractivity contribution >= 4 is 22.9 Å². The second kappa shape index (κ2) is 3.56. The lowest BCUT2D eigenvalue weighted by molar-refractivity contribution is 0.0783. The van der Waals surface area contributed by atoms with Gasteiger partial charge in [-0.15, -0.1) is 11.3 Å². The minimum Gasteiger partial charge on any atom is -0.383 e. The van der Waals surface area contributed by atoms with Crippen molar-refractivity contribution in [1.29, 1.82) is 0 Å². The molecule has 1 aromatic heterocycles. The van der Waals surface area contributed by atoms with E-state index in [-0.39, 0.29) is 0 Å². The quantitative estimate of drug-likeness (QED) is 0.829. The van der Waals surface area contributed by atoms with Crippen LogP contribution < -0.4 is 0 Å². The first-order chi connectivity index (χ1) is 5.82. The summed E-state index contributed by atoms with van der Waals surface area (Å²) in [6.45, 7) is 7.56. The van der Waals surface area contributed by atoms with Gasteiger partial charge in [0.25, 0.3) is 0 Å². The van der Waals surface area contributed by atoms with E-state index in [1.165, 1.54) is 11.3 Å². The van der Waals surface area contributed by atoms with Gasteiger partial charge in [0, 0.05) is 4.88 Å². The molecular weight excluding hydrogens is 206 g/mol. The first-order valence-corrected chi connectivity index (χ1v) is 5.41. The Bertz CT molecular complexity index is 301. The minimum absolute atomic E-state index is 0.362. The monoisotopic (exact) mass is 219 g/mol. The Morgan fingerprint density at radius 1 is 1.46 bits per heavy atom. The molecule has 0 radical (unpaired) electrons. The summed E-state index contributed by atoms with van der Waals surface area (Å²) in [5.74, 6) is 0.362. The zero-order chi connectivity index (χ0) is 10.2. The number of rotatable bonds is 2. The molecule has 0 aromatic carbocycles. The van der Waals surface area contributed by atoms with E-state index in [0.717, 1.165) is 4.88 Å². The zero-order valence-electron chi connectivity index (χ0n) is 8.26. The van der Waals surface area contributed by atoms with Gasteiger partial charge in [0.2, 0.25) is 0 Å². The maximum absolute atomic E-state index is 9.70. The van der Waals surface area contributed by atoms with Crippen molar-refractivity contribution in [2.45, 2.75) is 39.2 Å². The van der Waals surface area contributed by atoms with Gasteiger partial charge in [-0.05, 0) is 19.8 Å². The molecule has 74 valence electrons. The van der Waals surface area contributed by atoms with Gasteiger partial charge in [0.1, 0.15) is 15.8 Å². The molecule has 2 nitrogen and oxygen atoms in total. The Labute approximate surface area is 87.6 Å². The topological polar surface area (TPSA) is 33.1 Å². The molecule has 1 rings (SSSR count). The number of thiazole rings is 1. The third kappa shape index (κ3) is 2.42. The summed E-state index contributed by atoms with van der Waals surface area (Å²) in [5.41, 5.74) is -0.887. The molecule has 0 spiro atoms. The van der Waals surface area contributed by atoms with E-state index in [1.54, 1.807) is 13.8 Å². The predicted octanol–water partition coefficient (Wildman–Crippen LogP) is 3.15. The highest BCUT2D eigenvalue weighted by Gasteiger charge is 2.23. The van der Waals surface area contributed by atoms with E-state index < -0.39 is 5.60 Å². The fourth-order valence-corrected chi connectivity index (χ4v) is 2.36. The molecule has 0 aliphatic rings. The van der Waals surface area contributed by atoms with E-state index >= 15 is 0 Å². The second-order valence-corrected chi connectivity index (χ2v) is 5.28. The van der Waals surface area contributed by atoms with Gasteiger partial charge in [-0.1, -0.05) is 25.4 Å². The van der Waals surface area contributed by atoms with Gasteiger partial charge in [-0.2, -0.15) is 0 Å².